The van der Waals surface area contributed by atoms with Gasteiger partial charge in [0.2, 0.25) is 0 Å². The number of halogens is 1. The van der Waals surface area contributed by atoms with Crippen molar-refractivity contribution in [2.45, 2.75) is 12.5 Å². The zero-order chi connectivity index (χ0) is 23.5. The molecular weight excluding hydrogens is 454 g/mol. The molecule has 1 fully saturated rings. The van der Waals surface area contributed by atoms with Gasteiger partial charge in [0, 0.05) is 37.0 Å². The molecule has 0 aliphatic carbocycles. The number of fused-ring (bicyclic) bond motifs is 1. The molecule has 174 valence electrons. The van der Waals surface area contributed by atoms with Crippen LogP contribution >= 0.6 is 11.6 Å². The second kappa shape index (κ2) is 9.80. The predicted octanol–water partition coefficient (Wildman–Crippen LogP) is 4.02. The third kappa shape index (κ3) is 4.61. The van der Waals surface area contributed by atoms with Crippen molar-refractivity contribution in [3.8, 4) is 11.5 Å². The van der Waals surface area contributed by atoms with E-state index in [1.54, 1.807) is 24.4 Å². The van der Waals surface area contributed by atoms with Crippen molar-refractivity contribution in [1.29, 1.82) is 0 Å². The lowest BCUT2D eigenvalue weighted by Crippen LogP contribution is -2.24. The first kappa shape index (κ1) is 22.3. The number of hydrogen-bond donors (Lipinski definition) is 4. The molecule has 0 radical (unpaired) electrons. The molecule has 0 saturated carbocycles. The molecule has 2 aromatic carbocycles. The number of hydrogen-bond acceptors (Lipinski definition) is 7. The van der Waals surface area contributed by atoms with Crippen LogP contribution in [0.4, 0.5) is 5.82 Å². The summed E-state index contributed by atoms with van der Waals surface area (Å²) in [6, 6.07) is 14.5. The topological polar surface area (TPSA) is 112 Å². The van der Waals surface area contributed by atoms with E-state index in [2.05, 4.69) is 25.6 Å². The summed E-state index contributed by atoms with van der Waals surface area (Å²) >= 11 is 6.49. The molecule has 0 unspecified atom stereocenters. The Morgan fingerprint density at radius 1 is 1.15 bits per heavy atom. The Bertz CT molecular complexity index is 1310. The lowest BCUT2D eigenvalue weighted by atomic mass is 10.0. The number of aliphatic hydroxyl groups excluding tert-OH is 1. The van der Waals surface area contributed by atoms with Crippen LogP contribution in [0.25, 0.3) is 11.0 Å². The summed E-state index contributed by atoms with van der Waals surface area (Å²) in [6.07, 6.45) is 3.97. The predicted molar refractivity (Wildman–Crippen MR) is 131 cm³/mol. The molecule has 1 saturated heterocycles. The van der Waals surface area contributed by atoms with Gasteiger partial charge in [0.05, 0.1) is 22.6 Å². The van der Waals surface area contributed by atoms with Crippen LogP contribution in [0.3, 0.4) is 0 Å². The lowest BCUT2D eigenvalue weighted by molar-refractivity contribution is 0.104. The molecule has 2 aromatic heterocycles. The van der Waals surface area contributed by atoms with Gasteiger partial charge in [0.1, 0.15) is 29.3 Å². The van der Waals surface area contributed by atoms with E-state index in [1.807, 2.05) is 30.3 Å². The molecule has 8 nitrogen and oxygen atoms in total. The van der Waals surface area contributed by atoms with E-state index in [1.165, 1.54) is 6.33 Å². The van der Waals surface area contributed by atoms with Crippen molar-refractivity contribution in [3.05, 3.63) is 77.2 Å². The number of aliphatic hydroxyl groups is 1. The normalized spacial score (nSPS) is 17.7. The molecule has 5 rings (SSSR count). The summed E-state index contributed by atoms with van der Waals surface area (Å²) < 4.78 is 5.82. The molecule has 1 aliphatic rings. The van der Waals surface area contributed by atoms with Gasteiger partial charge >= 0.3 is 0 Å². The average molecular weight is 478 g/mol. The minimum absolute atomic E-state index is 0.123. The van der Waals surface area contributed by atoms with Crippen LogP contribution in [-0.4, -0.2) is 51.6 Å². The number of benzene rings is 2. The highest BCUT2D eigenvalue weighted by Crippen LogP contribution is 2.31. The number of carbonyl (C=O) groups is 1. The van der Waals surface area contributed by atoms with E-state index in [0.717, 1.165) is 13.0 Å². The van der Waals surface area contributed by atoms with Crippen molar-refractivity contribution in [2.75, 3.05) is 25.0 Å². The molecule has 0 amide bonds. The number of para-hydroxylation sites is 1. The molecule has 9 heteroatoms. The minimum Gasteiger partial charge on any atom is -0.457 e. The van der Waals surface area contributed by atoms with E-state index in [-0.39, 0.29) is 18.4 Å². The summed E-state index contributed by atoms with van der Waals surface area (Å²) in [7, 11) is 0. The number of anilines is 1. The summed E-state index contributed by atoms with van der Waals surface area (Å²) in [5.41, 5.74) is 1.37. The van der Waals surface area contributed by atoms with Gasteiger partial charge in [-0.25, -0.2) is 9.97 Å². The maximum atomic E-state index is 13.4. The SMILES string of the molecule is O=C(c1ccc(Oc2ccccc2)cc1Cl)c1c[nH]c2ncnc(NC[C@H]3CN[C@H](CO)C3)c12. The molecular formula is C25H24ClN5O3. The molecule has 0 bridgehead atoms. The highest BCUT2D eigenvalue weighted by atomic mass is 35.5. The van der Waals surface area contributed by atoms with Gasteiger partial charge in [0.25, 0.3) is 0 Å². The van der Waals surface area contributed by atoms with Gasteiger partial charge < -0.3 is 25.5 Å². The van der Waals surface area contributed by atoms with Crippen LogP contribution in [-0.2, 0) is 0 Å². The quantitative estimate of drug-likeness (QED) is 0.283. The number of nitrogens with one attached hydrogen (secondary N) is 3. The minimum atomic E-state index is -0.233. The Kier molecular flexibility index (Phi) is 6.44. The van der Waals surface area contributed by atoms with Crippen LogP contribution in [0, 0.1) is 5.92 Å². The maximum absolute atomic E-state index is 13.4. The van der Waals surface area contributed by atoms with E-state index in [9.17, 15) is 9.90 Å². The molecule has 0 spiro atoms. The van der Waals surface area contributed by atoms with E-state index < -0.39 is 0 Å². The Morgan fingerprint density at radius 3 is 2.76 bits per heavy atom. The second-order valence-electron chi connectivity index (χ2n) is 8.30. The fourth-order valence-electron chi connectivity index (χ4n) is 4.23. The maximum Gasteiger partial charge on any atom is 0.196 e. The zero-order valence-electron chi connectivity index (χ0n) is 18.3. The van der Waals surface area contributed by atoms with Gasteiger partial charge in [-0.05, 0) is 36.6 Å². The van der Waals surface area contributed by atoms with Gasteiger partial charge in [0.15, 0.2) is 5.78 Å². The van der Waals surface area contributed by atoms with E-state index in [4.69, 9.17) is 16.3 Å². The zero-order valence-corrected chi connectivity index (χ0v) is 19.0. The number of nitrogens with zero attached hydrogens (tertiary/aromatic N) is 2. The van der Waals surface area contributed by atoms with Gasteiger partial charge in [-0.1, -0.05) is 29.8 Å². The highest BCUT2D eigenvalue weighted by Gasteiger charge is 2.25. The third-order valence-corrected chi connectivity index (χ3v) is 6.28. The first-order valence-corrected chi connectivity index (χ1v) is 11.5. The van der Waals surface area contributed by atoms with E-state index >= 15 is 0 Å². The Hall–Kier alpha value is -3.46. The van der Waals surface area contributed by atoms with Crippen LogP contribution in [0.2, 0.25) is 5.02 Å². The van der Waals surface area contributed by atoms with Crippen molar-refractivity contribution >= 4 is 34.2 Å². The Balaban J connectivity index is 1.38. The standard InChI is InChI=1S/C25H24ClN5O3/c26-21-9-18(34-17-4-2-1-3-5-17)6-7-19(21)23(33)20-12-29-25-22(20)24(30-14-31-25)28-11-15-8-16(13-32)27-10-15/h1-7,9,12,14-16,27,32H,8,10-11,13H2,(H2,28,29,30,31)/t15-,16+/m1/s1. The monoisotopic (exact) mass is 477 g/mol. The fraction of sp³-hybridized carbons (Fsp3) is 0.240. The number of aromatic nitrogens is 3. The summed E-state index contributed by atoms with van der Waals surface area (Å²) in [5, 5.41) is 16.9. The first-order chi connectivity index (χ1) is 16.6. The molecule has 4 aromatic rings. The highest BCUT2D eigenvalue weighted by molar-refractivity contribution is 6.35. The van der Waals surface area contributed by atoms with Crippen LogP contribution in [0.15, 0.2) is 61.1 Å². The van der Waals surface area contributed by atoms with Gasteiger partial charge in [-0.2, -0.15) is 0 Å². The Labute approximate surface area is 201 Å². The van der Waals surface area contributed by atoms with Gasteiger partial charge in [-0.3, -0.25) is 4.79 Å². The number of H-pyrrole nitrogens is 1. The number of rotatable bonds is 8. The number of ether oxygens (including phenoxy) is 1. The lowest BCUT2D eigenvalue weighted by Gasteiger charge is -2.12. The molecule has 4 N–H and O–H groups in total. The molecule has 34 heavy (non-hydrogen) atoms. The molecule has 2 atom stereocenters. The van der Waals surface area contributed by atoms with Crippen molar-refractivity contribution < 1.29 is 14.6 Å². The van der Waals surface area contributed by atoms with Gasteiger partial charge in [-0.15, -0.1) is 0 Å². The van der Waals surface area contributed by atoms with Crippen LogP contribution in [0.5, 0.6) is 11.5 Å². The molecule has 1 aliphatic heterocycles. The van der Waals surface area contributed by atoms with Crippen LogP contribution in [0.1, 0.15) is 22.3 Å². The van der Waals surface area contributed by atoms with Crippen molar-refractivity contribution in [1.82, 2.24) is 20.3 Å². The number of carbonyl (C=O) groups excluding carboxylic acids is 1. The first-order valence-electron chi connectivity index (χ1n) is 11.1. The molecule has 3 heterocycles. The van der Waals surface area contributed by atoms with Crippen molar-refractivity contribution in [3.63, 3.8) is 0 Å². The second-order valence-corrected chi connectivity index (χ2v) is 8.71. The van der Waals surface area contributed by atoms with Crippen LogP contribution < -0.4 is 15.4 Å². The summed E-state index contributed by atoms with van der Waals surface area (Å²) in [5.74, 6) is 1.94. The smallest absolute Gasteiger partial charge is 0.196 e. The average Bonchev–Trinajstić information content (AvgIpc) is 3.50. The summed E-state index contributed by atoms with van der Waals surface area (Å²) in [6.45, 7) is 1.61. The number of aromatic amines is 1. The van der Waals surface area contributed by atoms with E-state index in [0.29, 0.717) is 57.0 Å². The third-order valence-electron chi connectivity index (χ3n) is 5.97. The van der Waals surface area contributed by atoms with Crippen molar-refractivity contribution in [2.24, 2.45) is 5.92 Å². The number of ketones is 1. The largest absolute Gasteiger partial charge is 0.457 e. The summed E-state index contributed by atoms with van der Waals surface area (Å²) in [4.78, 5) is 25.2. The Morgan fingerprint density at radius 2 is 2.00 bits per heavy atom. The fourth-order valence-corrected chi connectivity index (χ4v) is 4.48.